The molecule has 3 aromatic rings. The van der Waals surface area contributed by atoms with Crippen molar-refractivity contribution in [2.75, 3.05) is 13.1 Å². The first-order valence-electron chi connectivity index (χ1n) is 8.82. The molecule has 0 aliphatic carbocycles. The van der Waals surface area contributed by atoms with Crippen molar-refractivity contribution >= 4 is 0 Å². The van der Waals surface area contributed by atoms with Crippen molar-refractivity contribution in [1.82, 2.24) is 24.8 Å². The van der Waals surface area contributed by atoms with Gasteiger partial charge in [-0.05, 0) is 38.4 Å². The summed E-state index contributed by atoms with van der Waals surface area (Å²) in [6.45, 7) is 4.52. The van der Waals surface area contributed by atoms with Crippen LogP contribution in [0.5, 0.6) is 0 Å². The van der Waals surface area contributed by atoms with Crippen LogP contribution in [-0.2, 0) is 6.54 Å². The summed E-state index contributed by atoms with van der Waals surface area (Å²) in [4.78, 5) is 30.1. The van der Waals surface area contributed by atoms with Gasteiger partial charge >= 0.3 is 0 Å². The van der Waals surface area contributed by atoms with Crippen molar-refractivity contribution in [1.29, 1.82) is 0 Å². The highest BCUT2D eigenvalue weighted by Crippen LogP contribution is 2.26. The maximum absolute atomic E-state index is 11.7. The van der Waals surface area contributed by atoms with Gasteiger partial charge in [-0.2, -0.15) is 0 Å². The second kappa shape index (κ2) is 7.21. The standard InChI is InChI=1S/C19H21N5O2/c1-13-22-16(8-18(25)23-13)15-4-2-6-24(12-15)11-14-9-20-19(21-10-14)17-5-3-7-26-17/h3,5,7-10,15H,2,4,6,11-12H2,1H3,(H,22,23,25)/t15-/m1/s1. The quantitative estimate of drug-likeness (QED) is 0.777. The number of piperidine rings is 1. The van der Waals surface area contributed by atoms with Gasteiger partial charge in [-0.25, -0.2) is 15.0 Å². The Kier molecular flexibility index (Phi) is 4.62. The van der Waals surface area contributed by atoms with Crippen molar-refractivity contribution in [3.8, 4) is 11.6 Å². The minimum absolute atomic E-state index is 0.0773. The fourth-order valence-corrected chi connectivity index (χ4v) is 3.48. The Morgan fingerprint density at radius 2 is 2.19 bits per heavy atom. The van der Waals surface area contributed by atoms with E-state index in [1.165, 1.54) is 0 Å². The number of hydrogen-bond donors (Lipinski definition) is 1. The lowest BCUT2D eigenvalue weighted by atomic mass is 9.94. The first kappa shape index (κ1) is 16.7. The van der Waals surface area contributed by atoms with E-state index >= 15 is 0 Å². The number of rotatable bonds is 4. The number of likely N-dealkylation sites (tertiary alicyclic amines) is 1. The summed E-state index contributed by atoms with van der Waals surface area (Å²) < 4.78 is 5.32. The van der Waals surface area contributed by atoms with Gasteiger partial charge in [-0.15, -0.1) is 0 Å². The molecule has 4 heterocycles. The molecular formula is C19H21N5O2. The van der Waals surface area contributed by atoms with Gasteiger partial charge < -0.3 is 9.40 Å². The third-order valence-corrected chi connectivity index (χ3v) is 4.66. The Labute approximate surface area is 151 Å². The van der Waals surface area contributed by atoms with Crippen molar-refractivity contribution in [2.24, 2.45) is 0 Å². The topological polar surface area (TPSA) is 87.9 Å². The maximum Gasteiger partial charge on any atom is 0.251 e. The Morgan fingerprint density at radius 1 is 1.35 bits per heavy atom. The zero-order valence-electron chi connectivity index (χ0n) is 14.7. The van der Waals surface area contributed by atoms with Crippen LogP contribution in [0.2, 0.25) is 0 Å². The number of H-pyrrole nitrogens is 1. The van der Waals surface area contributed by atoms with Crippen LogP contribution in [-0.4, -0.2) is 37.9 Å². The highest BCUT2D eigenvalue weighted by molar-refractivity contribution is 5.45. The van der Waals surface area contributed by atoms with E-state index in [9.17, 15) is 4.79 Å². The summed E-state index contributed by atoms with van der Waals surface area (Å²) in [6.07, 6.45) is 7.46. The van der Waals surface area contributed by atoms with Crippen LogP contribution in [0, 0.1) is 6.92 Å². The normalized spacial score (nSPS) is 18.1. The highest BCUT2D eigenvalue weighted by atomic mass is 16.3. The number of aryl methyl sites for hydroxylation is 1. The lowest BCUT2D eigenvalue weighted by Crippen LogP contribution is -2.34. The van der Waals surface area contributed by atoms with E-state index in [-0.39, 0.29) is 11.5 Å². The van der Waals surface area contributed by atoms with Gasteiger partial charge in [-0.3, -0.25) is 9.69 Å². The summed E-state index contributed by atoms with van der Waals surface area (Å²) in [7, 11) is 0. The molecule has 1 aliphatic heterocycles. The van der Waals surface area contributed by atoms with Gasteiger partial charge in [0.05, 0.1) is 12.0 Å². The lowest BCUT2D eigenvalue weighted by Gasteiger charge is -2.32. The molecule has 1 atom stereocenters. The molecule has 0 saturated carbocycles. The molecule has 1 fully saturated rings. The molecule has 4 rings (SSSR count). The van der Waals surface area contributed by atoms with Gasteiger partial charge in [0.2, 0.25) is 0 Å². The minimum Gasteiger partial charge on any atom is -0.461 e. The largest absolute Gasteiger partial charge is 0.461 e. The molecule has 134 valence electrons. The van der Waals surface area contributed by atoms with Crippen LogP contribution in [0.25, 0.3) is 11.6 Å². The monoisotopic (exact) mass is 351 g/mol. The van der Waals surface area contributed by atoms with E-state index in [2.05, 4.69) is 24.8 Å². The molecule has 0 amide bonds. The molecule has 0 aromatic carbocycles. The molecule has 0 spiro atoms. The van der Waals surface area contributed by atoms with E-state index < -0.39 is 0 Å². The number of aromatic amines is 1. The molecule has 3 aromatic heterocycles. The van der Waals surface area contributed by atoms with E-state index in [0.29, 0.717) is 17.4 Å². The average Bonchev–Trinajstić information content (AvgIpc) is 3.16. The fourth-order valence-electron chi connectivity index (χ4n) is 3.48. The summed E-state index contributed by atoms with van der Waals surface area (Å²) in [5.41, 5.74) is 1.88. The molecule has 0 radical (unpaired) electrons. The zero-order chi connectivity index (χ0) is 17.9. The third-order valence-electron chi connectivity index (χ3n) is 4.66. The van der Waals surface area contributed by atoms with E-state index in [4.69, 9.17) is 4.42 Å². The van der Waals surface area contributed by atoms with Crippen LogP contribution in [0.4, 0.5) is 0 Å². The van der Waals surface area contributed by atoms with E-state index in [1.807, 2.05) is 31.5 Å². The Hall–Kier alpha value is -2.80. The number of nitrogens with zero attached hydrogens (tertiary/aromatic N) is 4. The molecule has 0 unspecified atom stereocenters. The molecule has 1 saturated heterocycles. The first-order chi connectivity index (χ1) is 12.7. The highest BCUT2D eigenvalue weighted by Gasteiger charge is 2.23. The summed E-state index contributed by atoms with van der Waals surface area (Å²) >= 11 is 0. The van der Waals surface area contributed by atoms with Crippen molar-refractivity contribution in [3.05, 3.63) is 64.3 Å². The van der Waals surface area contributed by atoms with Crippen molar-refractivity contribution < 1.29 is 4.42 Å². The first-order valence-corrected chi connectivity index (χ1v) is 8.82. The molecule has 1 aliphatic rings. The summed E-state index contributed by atoms with van der Waals surface area (Å²) in [5, 5.41) is 0. The Morgan fingerprint density at radius 3 is 2.92 bits per heavy atom. The molecule has 1 N–H and O–H groups in total. The number of hydrogen-bond acceptors (Lipinski definition) is 6. The third kappa shape index (κ3) is 3.72. The predicted octanol–water partition coefficient (Wildman–Crippen LogP) is 2.51. The Bertz CT molecular complexity index is 918. The molecule has 0 bridgehead atoms. The van der Waals surface area contributed by atoms with Crippen molar-refractivity contribution in [2.45, 2.75) is 32.2 Å². The fraction of sp³-hybridized carbons (Fsp3) is 0.368. The number of nitrogens with one attached hydrogen (secondary N) is 1. The van der Waals surface area contributed by atoms with Gasteiger partial charge in [0.25, 0.3) is 5.56 Å². The van der Waals surface area contributed by atoms with Gasteiger partial charge in [0.15, 0.2) is 11.6 Å². The van der Waals surface area contributed by atoms with Crippen LogP contribution in [0.1, 0.15) is 35.8 Å². The van der Waals surface area contributed by atoms with Crippen LogP contribution in [0.15, 0.2) is 46.1 Å². The van der Waals surface area contributed by atoms with Crippen LogP contribution in [0.3, 0.4) is 0 Å². The SMILES string of the molecule is Cc1nc([C@@H]2CCCN(Cc3cnc(-c4ccco4)nc3)C2)cc(=O)[nH]1. The maximum atomic E-state index is 11.7. The smallest absolute Gasteiger partial charge is 0.251 e. The second-order valence-corrected chi connectivity index (χ2v) is 6.72. The Balaban J connectivity index is 1.44. The zero-order valence-corrected chi connectivity index (χ0v) is 14.7. The number of aromatic nitrogens is 4. The van der Waals surface area contributed by atoms with Gasteiger partial charge in [0.1, 0.15) is 5.82 Å². The molecule has 7 nitrogen and oxygen atoms in total. The van der Waals surface area contributed by atoms with E-state index in [1.54, 1.807) is 12.3 Å². The van der Waals surface area contributed by atoms with Crippen molar-refractivity contribution in [3.63, 3.8) is 0 Å². The van der Waals surface area contributed by atoms with E-state index in [0.717, 1.165) is 43.7 Å². The van der Waals surface area contributed by atoms with Crippen LogP contribution < -0.4 is 5.56 Å². The van der Waals surface area contributed by atoms with Gasteiger partial charge in [0, 0.05) is 43.0 Å². The minimum atomic E-state index is -0.0773. The van der Waals surface area contributed by atoms with Gasteiger partial charge in [-0.1, -0.05) is 0 Å². The molecule has 7 heteroatoms. The average molecular weight is 351 g/mol. The number of furan rings is 1. The second-order valence-electron chi connectivity index (χ2n) is 6.72. The van der Waals surface area contributed by atoms with Crippen LogP contribution >= 0.6 is 0 Å². The predicted molar refractivity (Wildman–Crippen MR) is 96.6 cm³/mol. The lowest BCUT2D eigenvalue weighted by molar-refractivity contribution is 0.198. The summed E-state index contributed by atoms with van der Waals surface area (Å²) in [6, 6.07) is 5.30. The molecular weight excluding hydrogens is 330 g/mol. The molecule has 26 heavy (non-hydrogen) atoms. The summed E-state index contributed by atoms with van der Waals surface area (Å²) in [5.74, 6) is 2.23.